The average Bonchev–Trinajstić information content (AvgIpc) is 3.93. The number of nitrogens with one attached hydrogen (secondary N) is 5. The molecule has 27 heteroatoms. The van der Waals surface area contributed by atoms with Crippen LogP contribution in [0, 0.1) is 23.7 Å². The summed E-state index contributed by atoms with van der Waals surface area (Å²) in [6, 6.07) is 7.43. The summed E-state index contributed by atoms with van der Waals surface area (Å²) in [5.41, 5.74) is 4.04. The lowest BCUT2D eigenvalue weighted by molar-refractivity contribution is -0.193. The Morgan fingerprint density at radius 2 is 1.04 bits per heavy atom. The Labute approximate surface area is 453 Å². The Morgan fingerprint density at radius 3 is 1.49 bits per heavy atom. The molecule has 7 N–H and O–H groups in total. The molecule has 6 rings (SSSR count). The number of carbonyl (C=O) groups excluding carboxylic acids is 6. The van der Waals surface area contributed by atoms with E-state index in [0.717, 1.165) is 57.7 Å². The van der Waals surface area contributed by atoms with Gasteiger partial charge in [0.05, 0.1) is 37.3 Å². The predicted octanol–water partition coefficient (Wildman–Crippen LogP) is 4.97. The first-order valence-electron chi connectivity index (χ1n) is 25.2. The van der Waals surface area contributed by atoms with Crippen LogP contribution in [0.3, 0.4) is 0 Å². The van der Waals surface area contributed by atoms with Crippen molar-refractivity contribution >= 4 is 47.3 Å². The molecule has 8 atom stereocenters. The van der Waals surface area contributed by atoms with Crippen molar-refractivity contribution < 1.29 is 92.5 Å². The molecule has 0 spiro atoms. The number of likely N-dealkylation sites (tertiary alicyclic amines) is 2. The zero-order valence-corrected chi connectivity index (χ0v) is 43.8. The SMILES string of the molecule is CN[C@@H](C)C(=O)N[C@@H](CC#CC#CC[C@H](NC(=O)[C@H](C)NC)C(=O)N1CC(F)(F)C[C@H]1C(=O)N[C@@H]1CCCc2ccccc21)C(=O)N1CC(F)(F)C[C@H]1C(=O)C[C@@H]1CCCc2ccccc21.O=C(O)C(F)(F)F.O=C(O)C(F)(F)F. The number of hydrogen-bond acceptors (Lipinski definition) is 10. The standard InChI is InChI=1S/C49H59F4N7O6.2C2HF3O2/c1-30(54-3)43(62)57-38(46(65)59-28-48(50,51)26-40(59)42(61)25-34-19-13-17-32-15-9-11-20-35(32)34)22-7-5-6-8-23-39(58-44(63)31(2)55-4)47(66)60-29-49(52,53)27-41(60)45(64)56-37-24-14-18-33-16-10-12-21-36(33)37;2*3-2(4,5)1(6)7/h9-12,15-16,20-21,30-31,34,37-41,54-55H,13-14,17-19,22-29H2,1-4H3,(H,56,64)(H,57,62)(H,58,63);2*(H,6,7)/t30-,31-,34-,37+,38-,39-,40-,41-;;/m0../s1. The lowest BCUT2D eigenvalue weighted by atomic mass is 9.79. The van der Waals surface area contributed by atoms with Crippen molar-refractivity contribution in [3.8, 4) is 23.7 Å². The van der Waals surface area contributed by atoms with Crippen molar-refractivity contribution in [2.45, 2.75) is 157 Å². The first-order valence-corrected chi connectivity index (χ1v) is 25.2. The molecule has 17 nitrogen and oxygen atoms in total. The van der Waals surface area contributed by atoms with Crippen molar-refractivity contribution in [3.63, 3.8) is 0 Å². The number of nitrogens with zero attached hydrogens (tertiary/aromatic N) is 2. The van der Waals surface area contributed by atoms with Crippen LogP contribution in [0.2, 0.25) is 0 Å². The van der Waals surface area contributed by atoms with Crippen molar-refractivity contribution in [2.75, 3.05) is 27.2 Å². The van der Waals surface area contributed by atoms with Crippen molar-refractivity contribution in [1.82, 2.24) is 36.4 Å². The number of alkyl halides is 10. The minimum Gasteiger partial charge on any atom is -0.475 e. The lowest BCUT2D eigenvalue weighted by Gasteiger charge is -2.31. The van der Waals surface area contributed by atoms with E-state index >= 15 is 17.6 Å². The van der Waals surface area contributed by atoms with Crippen molar-refractivity contribution in [3.05, 3.63) is 70.8 Å². The van der Waals surface area contributed by atoms with E-state index in [1.807, 2.05) is 48.5 Å². The minimum atomic E-state index is -5.08. The van der Waals surface area contributed by atoms with E-state index in [9.17, 15) is 55.1 Å². The molecule has 2 fully saturated rings. The smallest absolute Gasteiger partial charge is 0.475 e. The molecule has 0 unspecified atom stereocenters. The third-order valence-corrected chi connectivity index (χ3v) is 13.6. The fraction of sp³-hybridized carbons (Fsp3) is 0.547. The Balaban J connectivity index is 0.000000869. The molecular formula is C53H61F10N7O10. The van der Waals surface area contributed by atoms with Crippen LogP contribution >= 0.6 is 0 Å². The maximum absolute atomic E-state index is 15.1. The topological polar surface area (TPSA) is 244 Å². The number of hydrogen-bond donors (Lipinski definition) is 7. The Hall–Kier alpha value is -7.26. The lowest BCUT2D eigenvalue weighted by Crippen LogP contribution is -2.55. The highest BCUT2D eigenvalue weighted by molar-refractivity contribution is 5.95. The average molecular weight is 1150 g/mol. The Morgan fingerprint density at radius 1 is 0.637 bits per heavy atom. The summed E-state index contributed by atoms with van der Waals surface area (Å²) >= 11 is 0. The van der Waals surface area contributed by atoms with E-state index in [4.69, 9.17) is 19.8 Å². The van der Waals surface area contributed by atoms with Crippen LogP contribution in [-0.2, 0) is 51.2 Å². The maximum atomic E-state index is 15.1. The molecule has 2 saturated heterocycles. The van der Waals surface area contributed by atoms with Gasteiger partial charge in [0, 0.05) is 32.1 Å². The van der Waals surface area contributed by atoms with Crippen LogP contribution in [0.25, 0.3) is 0 Å². The van der Waals surface area contributed by atoms with Gasteiger partial charge in [-0.05, 0) is 106 Å². The van der Waals surface area contributed by atoms with Gasteiger partial charge in [-0.2, -0.15) is 26.3 Å². The zero-order chi connectivity index (χ0) is 59.9. The molecule has 0 radical (unpaired) electrons. The van der Waals surface area contributed by atoms with Gasteiger partial charge in [0.15, 0.2) is 5.78 Å². The maximum Gasteiger partial charge on any atom is 0.490 e. The van der Waals surface area contributed by atoms with E-state index < -0.39 is 153 Å². The summed E-state index contributed by atoms with van der Waals surface area (Å²) in [5.74, 6) is -6.35. The number of ketones is 1. The van der Waals surface area contributed by atoms with Crippen LogP contribution in [0.15, 0.2) is 48.5 Å². The highest BCUT2D eigenvalue weighted by atomic mass is 19.4. The fourth-order valence-corrected chi connectivity index (χ4v) is 9.29. The van der Waals surface area contributed by atoms with Gasteiger partial charge in [0.2, 0.25) is 29.5 Å². The van der Waals surface area contributed by atoms with Gasteiger partial charge in [0.25, 0.3) is 11.8 Å². The molecule has 0 saturated carbocycles. The number of amides is 5. The van der Waals surface area contributed by atoms with E-state index in [-0.39, 0.29) is 12.3 Å². The van der Waals surface area contributed by atoms with Crippen LogP contribution < -0.4 is 26.6 Å². The molecule has 4 aliphatic rings. The molecule has 438 valence electrons. The third kappa shape index (κ3) is 18.7. The molecular weight excluding hydrogens is 1080 g/mol. The van der Waals surface area contributed by atoms with Gasteiger partial charge >= 0.3 is 24.3 Å². The van der Waals surface area contributed by atoms with Crippen LogP contribution in [0.4, 0.5) is 43.9 Å². The van der Waals surface area contributed by atoms with E-state index in [1.165, 1.54) is 27.9 Å². The molecule has 2 aliphatic heterocycles. The highest BCUT2D eigenvalue weighted by Gasteiger charge is 2.53. The van der Waals surface area contributed by atoms with Gasteiger partial charge in [0.1, 0.15) is 18.1 Å². The number of Topliss-reactive ketones (excluding diaryl/α,β-unsaturated/α-hetero) is 1. The summed E-state index contributed by atoms with van der Waals surface area (Å²) in [6.45, 7) is 0.997. The number of aryl methyl sites for hydroxylation is 2. The summed E-state index contributed by atoms with van der Waals surface area (Å²) in [6.07, 6.45) is -8.16. The number of carboxylic acids is 2. The second-order valence-electron chi connectivity index (χ2n) is 19.5. The molecule has 2 heterocycles. The monoisotopic (exact) mass is 1150 g/mol. The first-order chi connectivity index (χ1) is 37.3. The van der Waals surface area contributed by atoms with Crippen LogP contribution in [0.1, 0.15) is 106 Å². The summed E-state index contributed by atoms with van der Waals surface area (Å²) in [7, 11) is 3.04. The minimum absolute atomic E-state index is 0.0217. The molecule has 0 bridgehead atoms. The fourth-order valence-electron chi connectivity index (χ4n) is 9.29. The number of halogens is 10. The normalized spacial score (nSPS) is 21.1. The zero-order valence-electron chi connectivity index (χ0n) is 43.8. The molecule has 80 heavy (non-hydrogen) atoms. The molecule has 2 aliphatic carbocycles. The molecule has 2 aromatic carbocycles. The molecule has 5 amide bonds. The van der Waals surface area contributed by atoms with Gasteiger partial charge in [-0.25, -0.2) is 27.2 Å². The number of likely N-dealkylation sites (N-methyl/N-ethyl adjacent to an activating group) is 2. The molecule has 0 aromatic heterocycles. The van der Waals surface area contributed by atoms with E-state index in [2.05, 4.69) is 50.3 Å². The first kappa shape index (κ1) is 65.3. The van der Waals surface area contributed by atoms with Crippen LogP contribution in [0.5, 0.6) is 0 Å². The summed E-state index contributed by atoms with van der Waals surface area (Å²) in [5, 5.41) is 27.8. The number of benzene rings is 2. The van der Waals surface area contributed by atoms with Gasteiger partial charge in [-0.3, -0.25) is 28.8 Å². The van der Waals surface area contributed by atoms with Gasteiger partial charge in [-0.1, -0.05) is 60.4 Å². The van der Waals surface area contributed by atoms with E-state index in [0.29, 0.717) is 12.8 Å². The Kier molecular flexibility index (Phi) is 23.0. The predicted molar refractivity (Wildman–Crippen MR) is 265 cm³/mol. The number of carbonyl (C=O) groups is 8. The summed E-state index contributed by atoms with van der Waals surface area (Å²) in [4.78, 5) is 101. The number of carboxylic acid groups (broad SMARTS) is 2. The highest BCUT2D eigenvalue weighted by Crippen LogP contribution is 2.39. The second-order valence-corrected chi connectivity index (χ2v) is 19.5. The van der Waals surface area contributed by atoms with Crippen LogP contribution in [-0.4, -0.2) is 155 Å². The van der Waals surface area contributed by atoms with Crippen molar-refractivity contribution in [2.24, 2.45) is 0 Å². The molecule has 2 aromatic rings. The van der Waals surface area contributed by atoms with Crippen molar-refractivity contribution in [1.29, 1.82) is 0 Å². The van der Waals surface area contributed by atoms with Gasteiger partial charge in [-0.15, -0.1) is 0 Å². The third-order valence-electron chi connectivity index (χ3n) is 13.6. The number of fused-ring (bicyclic) bond motifs is 2. The van der Waals surface area contributed by atoms with Gasteiger partial charge < -0.3 is 46.6 Å². The summed E-state index contributed by atoms with van der Waals surface area (Å²) < 4.78 is 124. The number of rotatable bonds is 15. The largest absolute Gasteiger partial charge is 0.490 e. The Bertz CT molecular complexity index is 2540. The second kappa shape index (κ2) is 28.2. The quantitative estimate of drug-likeness (QED) is 0.0924. The number of aliphatic carboxylic acids is 2. The van der Waals surface area contributed by atoms with E-state index in [1.54, 1.807) is 0 Å².